The molecule has 0 spiro atoms. The summed E-state index contributed by atoms with van der Waals surface area (Å²) in [5.41, 5.74) is 1.56. The first-order valence-corrected chi connectivity index (χ1v) is 8.05. The van der Waals surface area contributed by atoms with Gasteiger partial charge in [0.2, 0.25) is 0 Å². The summed E-state index contributed by atoms with van der Waals surface area (Å²) in [6.45, 7) is 7.97. The smallest absolute Gasteiger partial charge is 0.0138 e. The van der Waals surface area contributed by atoms with E-state index < -0.39 is 0 Å². The van der Waals surface area contributed by atoms with E-state index in [1.165, 1.54) is 24.2 Å². The molecule has 18 heavy (non-hydrogen) atoms. The van der Waals surface area contributed by atoms with Crippen LogP contribution in [0.15, 0.2) is 29.2 Å². The molecule has 3 unspecified atom stereocenters. The quantitative estimate of drug-likeness (QED) is 0.828. The largest absolute Gasteiger partial charge is 0.315 e. The average Bonchev–Trinajstić information content (AvgIpc) is 2.70. The molecule has 2 rings (SSSR count). The van der Waals surface area contributed by atoms with Crippen molar-refractivity contribution in [3.05, 3.63) is 29.8 Å². The summed E-state index contributed by atoms with van der Waals surface area (Å²) >= 11 is 2.08. The Balaban J connectivity index is 1.79. The predicted octanol–water partition coefficient (Wildman–Crippen LogP) is 4.12. The Morgan fingerprint density at radius 1 is 1.33 bits per heavy atom. The minimum absolute atomic E-state index is 0.652. The lowest BCUT2D eigenvalue weighted by Gasteiger charge is -2.20. The number of thioether (sulfide) groups is 1. The highest BCUT2D eigenvalue weighted by molar-refractivity contribution is 8.00. The van der Waals surface area contributed by atoms with E-state index in [9.17, 15) is 0 Å². The van der Waals surface area contributed by atoms with Crippen LogP contribution in [0.2, 0.25) is 0 Å². The lowest BCUT2D eigenvalue weighted by Crippen LogP contribution is -2.28. The maximum absolute atomic E-state index is 3.51. The molecule has 100 valence electrons. The molecule has 1 aromatic carbocycles. The highest BCUT2D eigenvalue weighted by Crippen LogP contribution is 2.39. The fourth-order valence-corrected chi connectivity index (χ4v) is 4.47. The first kappa shape index (κ1) is 14.0. The van der Waals surface area contributed by atoms with Crippen LogP contribution in [-0.2, 0) is 6.42 Å². The van der Waals surface area contributed by atoms with E-state index in [1.54, 1.807) is 5.56 Å². The second-order valence-corrected chi connectivity index (χ2v) is 6.93. The van der Waals surface area contributed by atoms with Crippen LogP contribution in [0.25, 0.3) is 0 Å². The molecule has 0 aliphatic carbocycles. The van der Waals surface area contributed by atoms with Gasteiger partial charge < -0.3 is 5.32 Å². The maximum Gasteiger partial charge on any atom is 0.0138 e. The van der Waals surface area contributed by atoms with Crippen LogP contribution in [0.1, 0.15) is 39.2 Å². The minimum atomic E-state index is 0.652. The molecule has 0 saturated carbocycles. The van der Waals surface area contributed by atoms with Crippen molar-refractivity contribution in [2.45, 2.75) is 56.2 Å². The number of benzene rings is 1. The van der Waals surface area contributed by atoms with Crippen LogP contribution in [0.3, 0.4) is 0 Å². The third kappa shape index (κ3) is 3.76. The van der Waals surface area contributed by atoms with Gasteiger partial charge in [0.15, 0.2) is 0 Å². The Kier molecular flexibility index (Phi) is 5.13. The van der Waals surface area contributed by atoms with Crippen LogP contribution in [0, 0.1) is 5.92 Å². The fraction of sp³-hybridized carbons (Fsp3) is 0.625. The molecule has 0 bridgehead atoms. The van der Waals surface area contributed by atoms with E-state index in [-0.39, 0.29) is 0 Å². The average molecular weight is 263 g/mol. The molecule has 0 fully saturated rings. The molecule has 3 atom stereocenters. The van der Waals surface area contributed by atoms with Gasteiger partial charge in [0.25, 0.3) is 0 Å². The zero-order valence-electron chi connectivity index (χ0n) is 11.8. The van der Waals surface area contributed by atoms with Crippen molar-refractivity contribution in [3.63, 3.8) is 0 Å². The van der Waals surface area contributed by atoms with Gasteiger partial charge in [-0.15, -0.1) is 11.8 Å². The summed E-state index contributed by atoms with van der Waals surface area (Å²) in [5.74, 6) is 0.811. The topological polar surface area (TPSA) is 12.0 Å². The van der Waals surface area contributed by atoms with Crippen molar-refractivity contribution >= 4 is 11.8 Å². The Hall–Kier alpha value is -0.470. The molecular weight excluding hydrogens is 238 g/mol. The van der Waals surface area contributed by atoms with Crippen LogP contribution < -0.4 is 5.32 Å². The van der Waals surface area contributed by atoms with E-state index in [4.69, 9.17) is 0 Å². The molecule has 1 aliphatic heterocycles. The van der Waals surface area contributed by atoms with E-state index in [0.29, 0.717) is 6.04 Å². The van der Waals surface area contributed by atoms with Crippen LogP contribution in [-0.4, -0.2) is 17.8 Å². The number of hydrogen-bond donors (Lipinski definition) is 1. The van der Waals surface area contributed by atoms with Crippen molar-refractivity contribution in [2.75, 3.05) is 6.54 Å². The first-order valence-electron chi connectivity index (χ1n) is 7.17. The van der Waals surface area contributed by atoms with Crippen molar-refractivity contribution in [1.29, 1.82) is 0 Å². The monoisotopic (exact) mass is 263 g/mol. The summed E-state index contributed by atoms with van der Waals surface area (Å²) in [5, 5.41) is 4.31. The third-order valence-corrected chi connectivity index (χ3v) is 5.03. The lowest BCUT2D eigenvalue weighted by molar-refractivity contribution is 0.405. The summed E-state index contributed by atoms with van der Waals surface area (Å²) in [4.78, 5) is 1.51. The van der Waals surface area contributed by atoms with E-state index in [0.717, 1.165) is 17.7 Å². The molecule has 1 nitrogen and oxygen atoms in total. The van der Waals surface area contributed by atoms with Gasteiger partial charge in [0.05, 0.1) is 0 Å². The summed E-state index contributed by atoms with van der Waals surface area (Å²) in [6, 6.07) is 9.53. The summed E-state index contributed by atoms with van der Waals surface area (Å²) in [6.07, 6.45) is 3.90. The van der Waals surface area contributed by atoms with E-state index >= 15 is 0 Å². The number of hydrogen-bond acceptors (Lipinski definition) is 2. The summed E-state index contributed by atoms with van der Waals surface area (Å²) < 4.78 is 0. The zero-order chi connectivity index (χ0) is 13.0. The first-order chi connectivity index (χ1) is 8.69. The van der Waals surface area contributed by atoms with E-state index in [1.807, 2.05) is 0 Å². The molecule has 0 amide bonds. The molecule has 0 radical (unpaired) electrons. The van der Waals surface area contributed by atoms with Crippen LogP contribution >= 0.6 is 11.8 Å². The zero-order valence-corrected chi connectivity index (χ0v) is 12.6. The maximum atomic E-state index is 3.51. The second-order valence-electron chi connectivity index (χ2n) is 5.59. The third-order valence-electron chi connectivity index (χ3n) is 3.69. The Morgan fingerprint density at radius 2 is 2.11 bits per heavy atom. The molecular formula is C16H25NS. The fourth-order valence-electron chi connectivity index (χ4n) is 2.97. The number of nitrogens with one attached hydrogen (secondary N) is 1. The number of fused-ring (bicyclic) bond motifs is 1. The van der Waals surface area contributed by atoms with Gasteiger partial charge in [-0.25, -0.2) is 0 Å². The van der Waals surface area contributed by atoms with Crippen molar-refractivity contribution in [1.82, 2.24) is 5.32 Å². The minimum Gasteiger partial charge on any atom is -0.315 e. The summed E-state index contributed by atoms with van der Waals surface area (Å²) in [7, 11) is 0. The Labute approximate surface area is 116 Å². The van der Waals surface area contributed by atoms with Crippen LogP contribution in [0.4, 0.5) is 0 Å². The highest BCUT2D eigenvalue weighted by atomic mass is 32.2. The Morgan fingerprint density at radius 3 is 2.83 bits per heavy atom. The van der Waals surface area contributed by atoms with Crippen molar-refractivity contribution in [3.8, 4) is 0 Å². The standard InChI is InChI=1S/C16H25NS/c1-4-17-13(3)9-12(2)10-15-11-14-7-5-6-8-16(14)18-15/h5-8,12-13,15,17H,4,9-11H2,1-3H3. The van der Waals surface area contributed by atoms with Gasteiger partial charge >= 0.3 is 0 Å². The second kappa shape index (κ2) is 6.63. The lowest BCUT2D eigenvalue weighted by atomic mass is 9.95. The van der Waals surface area contributed by atoms with Gasteiger partial charge in [-0.05, 0) is 50.3 Å². The molecule has 1 N–H and O–H groups in total. The van der Waals surface area contributed by atoms with Crippen molar-refractivity contribution in [2.24, 2.45) is 5.92 Å². The normalized spacial score (nSPS) is 21.6. The highest BCUT2D eigenvalue weighted by Gasteiger charge is 2.23. The van der Waals surface area contributed by atoms with Gasteiger partial charge in [0.1, 0.15) is 0 Å². The van der Waals surface area contributed by atoms with Crippen molar-refractivity contribution < 1.29 is 0 Å². The van der Waals surface area contributed by atoms with Gasteiger partial charge in [-0.1, -0.05) is 32.0 Å². The molecule has 0 aromatic heterocycles. The molecule has 1 heterocycles. The number of rotatable bonds is 6. The molecule has 2 heteroatoms. The SMILES string of the molecule is CCNC(C)CC(C)CC1Cc2ccccc2S1. The molecule has 0 saturated heterocycles. The molecule has 1 aliphatic rings. The van der Waals surface area contributed by atoms with Gasteiger partial charge in [0, 0.05) is 16.2 Å². The van der Waals surface area contributed by atoms with Gasteiger partial charge in [-0.3, -0.25) is 0 Å². The predicted molar refractivity (Wildman–Crippen MR) is 81.3 cm³/mol. The Bertz CT molecular complexity index is 352. The van der Waals surface area contributed by atoms with E-state index in [2.05, 4.69) is 62.1 Å². The van der Waals surface area contributed by atoms with Crippen LogP contribution in [0.5, 0.6) is 0 Å². The molecule has 1 aromatic rings. The van der Waals surface area contributed by atoms with Gasteiger partial charge in [-0.2, -0.15) is 0 Å².